The summed E-state index contributed by atoms with van der Waals surface area (Å²) in [6, 6.07) is 11.7. The van der Waals surface area contributed by atoms with Crippen molar-refractivity contribution in [2.45, 2.75) is 77.3 Å². The number of aromatic nitrogens is 1. The van der Waals surface area contributed by atoms with Gasteiger partial charge in [-0.1, -0.05) is 59.7 Å². The fourth-order valence-corrected chi connectivity index (χ4v) is 4.29. The van der Waals surface area contributed by atoms with E-state index in [1.807, 2.05) is 55.4 Å². The Morgan fingerprint density at radius 3 is 2.06 bits per heavy atom. The molecule has 36 heavy (non-hydrogen) atoms. The van der Waals surface area contributed by atoms with Crippen molar-refractivity contribution >= 4 is 17.5 Å². The number of hydrogen-bond donors (Lipinski definition) is 2. The van der Waals surface area contributed by atoms with Gasteiger partial charge in [0.1, 0.15) is 5.54 Å². The Labute approximate surface area is 216 Å². The van der Waals surface area contributed by atoms with Crippen molar-refractivity contribution in [1.82, 2.24) is 15.6 Å². The second-order valence-corrected chi connectivity index (χ2v) is 12.0. The Hall–Kier alpha value is -2.93. The number of nitrogens with one attached hydrogen (secondary N) is 2. The lowest BCUT2D eigenvalue weighted by atomic mass is 9.85. The summed E-state index contributed by atoms with van der Waals surface area (Å²) in [4.78, 5) is 34.1. The largest absolute Gasteiger partial charge is 0.381 e. The van der Waals surface area contributed by atoms with E-state index < -0.39 is 5.54 Å². The molecular weight excluding hydrogens is 452 g/mol. The second kappa shape index (κ2) is 10.6. The van der Waals surface area contributed by atoms with Gasteiger partial charge in [0.05, 0.1) is 0 Å². The first kappa shape index (κ1) is 27.7. The zero-order chi connectivity index (χ0) is 26.7. The fraction of sp³-hybridized carbons (Fsp3) is 0.552. The molecule has 3 rings (SSSR count). The van der Waals surface area contributed by atoms with Crippen LogP contribution < -0.4 is 15.5 Å². The highest BCUT2D eigenvalue weighted by molar-refractivity contribution is 5.99. The lowest BCUT2D eigenvalue weighted by molar-refractivity contribution is -0.131. The van der Waals surface area contributed by atoms with Crippen molar-refractivity contribution in [3.63, 3.8) is 0 Å². The SMILES string of the molecule is CN(C)c1ccccc1CNC(=O)C1(NC(=O)c2cc(C(C)(C)C)nc(C(C)(C)C)c2)CCOCC1. The van der Waals surface area contributed by atoms with Gasteiger partial charge in [0, 0.05) is 80.2 Å². The first-order chi connectivity index (χ1) is 16.7. The van der Waals surface area contributed by atoms with Gasteiger partial charge in [0.25, 0.3) is 5.91 Å². The summed E-state index contributed by atoms with van der Waals surface area (Å²) in [5, 5.41) is 6.19. The van der Waals surface area contributed by atoms with Crippen LogP contribution in [-0.2, 0) is 26.9 Å². The highest BCUT2D eigenvalue weighted by Crippen LogP contribution is 2.28. The molecule has 0 radical (unpaired) electrons. The van der Waals surface area contributed by atoms with Crippen LogP contribution in [0.5, 0.6) is 0 Å². The van der Waals surface area contributed by atoms with E-state index in [-0.39, 0.29) is 22.6 Å². The Balaban J connectivity index is 1.88. The zero-order valence-electron chi connectivity index (χ0n) is 23.1. The number of carbonyl (C=O) groups is 2. The highest BCUT2D eigenvalue weighted by Gasteiger charge is 2.42. The average Bonchev–Trinajstić information content (AvgIpc) is 2.81. The Morgan fingerprint density at radius 2 is 1.53 bits per heavy atom. The monoisotopic (exact) mass is 494 g/mol. The van der Waals surface area contributed by atoms with Gasteiger partial charge in [0.2, 0.25) is 5.91 Å². The van der Waals surface area contributed by atoms with Crippen LogP contribution in [0.25, 0.3) is 0 Å². The van der Waals surface area contributed by atoms with Crippen molar-refractivity contribution in [2.24, 2.45) is 0 Å². The summed E-state index contributed by atoms with van der Waals surface area (Å²) in [7, 11) is 3.96. The van der Waals surface area contributed by atoms with Gasteiger partial charge >= 0.3 is 0 Å². The van der Waals surface area contributed by atoms with Gasteiger partial charge in [-0.2, -0.15) is 0 Å². The molecule has 1 aliphatic rings. The summed E-state index contributed by atoms with van der Waals surface area (Å²) in [6.45, 7) is 13.7. The Morgan fingerprint density at radius 1 is 0.972 bits per heavy atom. The topological polar surface area (TPSA) is 83.6 Å². The van der Waals surface area contributed by atoms with E-state index in [2.05, 4.69) is 52.2 Å². The summed E-state index contributed by atoms with van der Waals surface area (Å²) in [6.07, 6.45) is 0.840. The molecule has 0 saturated carbocycles. The number of amides is 2. The van der Waals surface area contributed by atoms with Crippen molar-refractivity contribution in [3.8, 4) is 0 Å². The average molecular weight is 495 g/mol. The number of carbonyl (C=O) groups excluding carboxylic acids is 2. The molecule has 0 unspecified atom stereocenters. The van der Waals surface area contributed by atoms with E-state index in [0.717, 1.165) is 22.6 Å². The predicted octanol–water partition coefficient (Wildman–Crippen LogP) is 4.34. The number of ether oxygens (including phenoxy) is 1. The number of benzene rings is 1. The molecule has 2 aromatic rings. The molecule has 1 aromatic heterocycles. The Kier molecular flexibility index (Phi) is 8.13. The third-order valence-corrected chi connectivity index (χ3v) is 6.67. The first-order valence-corrected chi connectivity index (χ1v) is 12.7. The van der Waals surface area contributed by atoms with E-state index in [0.29, 0.717) is 38.2 Å². The van der Waals surface area contributed by atoms with Gasteiger partial charge in [-0.05, 0) is 23.8 Å². The van der Waals surface area contributed by atoms with Gasteiger partial charge in [-0.15, -0.1) is 0 Å². The zero-order valence-corrected chi connectivity index (χ0v) is 23.1. The molecular formula is C29H42N4O3. The van der Waals surface area contributed by atoms with Crippen molar-refractivity contribution < 1.29 is 14.3 Å². The van der Waals surface area contributed by atoms with Crippen LogP contribution in [0, 0.1) is 0 Å². The molecule has 0 atom stereocenters. The van der Waals surface area contributed by atoms with Crippen LogP contribution in [0.4, 0.5) is 5.69 Å². The molecule has 1 aliphatic heterocycles. The minimum atomic E-state index is -1.03. The standard InChI is InChI=1S/C29H42N4O3/c1-27(2,3)23-17-21(18-24(31-23)28(4,5)6)25(34)32-29(13-15-36-16-14-29)26(35)30-19-20-11-9-10-12-22(20)33(7)8/h9-12,17-18H,13-16,19H2,1-8H3,(H,30,35)(H,32,34). The van der Waals surface area contributed by atoms with E-state index in [4.69, 9.17) is 9.72 Å². The molecule has 1 saturated heterocycles. The predicted molar refractivity (Wildman–Crippen MR) is 145 cm³/mol. The number of anilines is 1. The molecule has 2 N–H and O–H groups in total. The fourth-order valence-electron chi connectivity index (χ4n) is 4.29. The maximum atomic E-state index is 13.6. The molecule has 196 valence electrons. The van der Waals surface area contributed by atoms with E-state index in [1.54, 1.807) is 0 Å². The first-order valence-electron chi connectivity index (χ1n) is 12.7. The van der Waals surface area contributed by atoms with Gasteiger partial charge < -0.3 is 20.3 Å². The van der Waals surface area contributed by atoms with Gasteiger partial charge in [-0.25, -0.2) is 0 Å². The summed E-state index contributed by atoms with van der Waals surface area (Å²) >= 11 is 0. The highest BCUT2D eigenvalue weighted by atomic mass is 16.5. The van der Waals surface area contributed by atoms with Crippen LogP contribution in [0.15, 0.2) is 36.4 Å². The van der Waals surface area contributed by atoms with Crippen LogP contribution in [-0.4, -0.2) is 49.6 Å². The quantitative estimate of drug-likeness (QED) is 0.624. The van der Waals surface area contributed by atoms with Crippen LogP contribution in [0.3, 0.4) is 0 Å². The molecule has 1 aromatic carbocycles. The minimum absolute atomic E-state index is 0.186. The lowest BCUT2D eigenvalue weighted by Crippen LogP contribution is -2.61. The molecule has 0 bridgehead atoms. The van der Waals surface area contributed by atoms with Crippen molar-refractivity contribution in [3.05, 3.63) is 58.9 Å². The number of rotatable bonds is 6. The molecule has 2 heterocycles. The van der Waals surface area contributed by atoms with Crippen molar-refractivity contribution in [1.29, 1.82) is 0 Å². The van der Waals surface area contributed by atoms with Gasteiger partial charge in [-0.3, -0.25) is 14.6 Å². The third-order valence-electron chi connectivity index (χ3n) is 6.67. The molecule has 7 nitrogen and oxygen atoms in total. The lowest BCUT2D eigenvalue weighted by Gasteiger charge is -2.37. The smallest absolute Gasteiger partial charge is 0.252 e. The summed E-state index contributed by atoms with van der Waals surface area (Å²) in [5.74, 6) is -0.451. The molecule has 0 aliphatic carbocycles. The van der Waals surface area contributed by atoms with E-state index >= 15 is 0 Å². The molecule has 7 heteroatoms. The second-order valence-electron chi connectivity index (χ2n) is 12.0. The minimum Gasteiger partial charge on any atom is -0.381 e. The number of nitrogens with zero attached hydrogens (tertiary/aromatic N) is 2. The van der Waals surface area contributed by atoms with Crippen LogP contribution in [0.1, 0.15) is 81.7 Å². The molecule has 1 fully saturated rings. The maximum absolute atomic E-state index is 13.6. The van der Waals surface area contributed by atoms with Crippen molar-refractivity contribution in [2.75, 3.05) is 32.2 Å². The summed E-state index contributed by atoms with van der Waals surface area (Å²) < 4.78 is 5.56. The number of pyridine rings is 1. The normalized spacial score (nSPS) is 15.8. The molecule has 2 amide bonds. The Bertz CT molecular complexity index is 1060. The number of para-hydroxylation sites is 1. The van der Waals surface area contributed by atoms with E-state index in [1.165, 1.54) is 0 Å². The van der Waals surface area contributed by atoms with Crippen LogP contribution >= 0.6 is 0 Å². The maximum Gasteiger partial charge on any atom is 0.252 e. The number of hydrogen-bond acceptors (Lipinski definition) is 5. The summed E-state index contributed by atoms with van der Waals surface area (Å²) in [5.41, 5.74) is 2.82. The van der Waals surface area contributed by atoms with Gasteiger partial charge in [0.15, 0.2) is 0 Å². The third kappa shape index (κ3) is 6.44. The van der Waals surface area contributed by atoms with E-state index in [9.17, 15) is 9.59 Å². The van der Waals surface area contributed by atoms with Crippen LogP contribution in [0.2, 0.25) is 0 Å². The molecule has 0 spiro atoms.